The number of H-pyrrole nitrogens is 1. The number of nitrogens with one attached hydrogen (secondary N) is 1. The zero-order valence-electron chi connectivity index (χ0n) is 23.2. The monoisotopic (exact) mass is 539 g/mol. The number of aromatic nitrogens is 9. The number of tetrazole rings is 1. The Kier molecular flexibility index (Phi) is 6.11. The van der Waals surface area contributed by atoms with E-state index < -0.39 is 0 Å². The standard InChI is InChI=1S/C32H29N9/c1-4-8-30-34-27-14-12-24(28-19-40-21(3)15-20(2)33-32(40)35-28)17-29(27)41(30)18-22-11-13-25(23-9-6-5-7-10-23)26(16-22)31-36-38-39-37-31/h5-7,9-17,19H,4,8,18H2,1-3H3,(H,36,37,38,39). The highest BCUT2D eigenvalue weighted by atomic mass is 15.5. The maximum Gasteiger partial charge on any atom is 0.234 e. The fourth-order valence-corrected chi connectivity index (χ4v) is 5.54. The van der Waals surface area contributed by atoms with Gasteiger partial charge in [0.1, 0.15) is 5.82 Å². The summed E-state index contributed by atoms with van der Waals surface area (Å²) >= 11 is 0. The molecule has 1 N–H and O–H groups in total. The molecule has 0 amide bonds. The van der Waals surface area contributed by atoms with Crippen molar-refractivity contribution < 1.29 is 0 Å². The van der Waals surface area contributed by atoms with Gasteiger partial charge in [-0.15, -0.1) is 5.10 Å². The van der Waals surface area contributed by atoms with Crippen molar-refractivity contribution in [2.75, 3.05) is 0 Å². The lowest BCUT2D eigenvalue weighted by Gasteiger charge is -2.13. The fourth-order valence-electron chi connectivity index (χ4n) is 5.54. The van der Waals surface area contributed by atoms with E-state index in [-0.39, 0.29) is 0 Å². The second kappa shape index (κ2) is 10.1. The molecule has 0 saturated heterocycles. The van der Waals surface area contributed by atoms with Crippen molar-refractivity contribution in [2.45, 2.75) is 40.2 Å². The molecule has 9 heteroatoms. The number of aryl methyl sites for hydroxylation is 3. The predicted molar refractivity (Wildman–Crippen MR) is 159 cm³/mol. The largest absolute Gasteiger partial charge is 0.323 e. The van der Waals surface area contributed by atoms with Crippen LogP contribution in [0.1, 0.15) is 36.1 Å². The number of nitrogens with zero attached hydrogens (tertiary/aromatic N) is 8. The van der Waals surface area contributed by atoms with Gasteiger partial charge in [0.15, 0.2) is 5.82 Å². The van der Waals surface area contributed by atoms with Crippen LogP contribution in [0.5, 0.6) is 0 Å². The first-order valence-corrected chi connectivity index (χ1v) is 13.8. The van der Waals surface area contributed by atoms with Gasteiger partial charge < -0.3 is 4.57 Å². The Morgan fingerprint density at radius 3 is 2.51 bits per heavy atom. The van der Waals surface area contributed by atoms with Crippen LogP contribution >= 0.6 is 0 Å². The quantitative estimate of drug-likeness (QED) is 0.258. The van der Waals surface area contributed by atoms with E-state index in [1.807, 2.05) is 29.5 Å². The van der Waals surface area contributed by atoms with Crippen LogP contribution in [0, 0.1) is 13.8 Å². The minimum atomic E-state index is 0.642. The minimum Gasteiger partial charge on any atom is -0.323 e. The second-order valence-electron chi connectivity index (χ2n) is 10.4. The lowest BCUT2D eigenvalue weighted by atomic mass is 9.97. The highest BCUT2D eigenvalue weighted by Crippen LogP contribution is 2.32. The van der Waals surface area contributed by atoms with Crippen LogP contribution in [0.15, 0.2) is 79.0 Å². The number of hydrogen-bond acceptors (Lipinski definition) is 6. The molecule has 202 valence electrons. The van der Waals surface area contributed by atoms with Crippen LogP contribution < -0.4 is 0 Å². The molecule has 0 saturated carbocycles. The van der Waals surface area contributed by atoms with E-state index in [4.69, 9.17) is 9.97 Å². The number of rotatable bonds is 7. The van der Waals surface area contributed by atoms with Crippen molar-refractivity contribution >= 4 is 16.8 Å². The van der Waals surface area contributed by atoms with Crippen LogP contribution in [0.3, 0.4) is 0 Å². The predicted octanol–water partition coefficient (Wildman–Crippen LogP) is 6.21. The third-order valence-corrected chi connectivity index (χ3v) is 7.47. The van der Waals surface area contributed by atoms with Crippen LogP contribution in [-0.2, 0) is 13.0 Å². The number of aromatic amines is 1. The second-order valence-corrected chi connectivity index (χ2v) is 10.4. The Morgan fingerprint density at radius 1 is 0.829 bits per heavy atom. The molecule has 7 aromatic rings. The summed E-state index contributed by atoms with van der Waals surface area (Å²) in [6.07, 6.45) is 3.96. The highest BCUT2D eigenvalue weighted by molar-refractivity contribution is 5.83. The SMILES string of the molecule is CCCc1nc2ccc(-c3cn4c(C)cc(C)nc4n3)cc2n1Cc1ccc(-c2ccccc2)c(-c2nnn[nH]2)c1. The summed E-state index contributed by atoms with van der Waals surface area (Å²) in [5.74, 6) is 2.42. The van der Waals surface area contributed by atoms with Gasteiger partial charge in [-0.25, -0.2) is 20.1 Å². The molecule has 0 bridgehead atoms. The molecule has 0 atom stereocenters. The van der Waals surface area contributed by atoms with Crippen molar-refractivity contribution in [3.8, 4) is 33.8 Å². The smallest absolute Gasteiger partial charge is 0.234 e. The van der Waals surface area contributed by atoms with E-state index in [1.54, 1.807) is 0 Å². The zero-order chi connectivity index (χ0) is 27.9. The number of hydrogen-bond donors (Lipinski definition) is 1. The molecule has 0 aliphatic carbocycles. The van der Waals surface area contributed by atoms with Crippen molar-refractivity contribution in [2.24, 2.45) is 0 Å². The first-order valence-electron chi connectivity index (χ1n) is 13.8. The fraction of sp³-hybridized carbons (Fsp3) is 0.188. The topological polar surface area (TPSA) is 102 Å². The molecule has 0 unspecified atom stereocenters. The summed E-state index contributed by atoms with van der Waals surface area (Å²) in [5.41, 5.74) is 10.4. The normalized spacial score (nSPS) is 11.6. The van der Waals surface area contributed by atoms with Gasteiger partial charge in [0.05, 0.1) is 16.7 Å². The average molecular weight is 540 g/mol. The molecule has 41 heavy (non-hydrogen) atoms. The molecular formula is C32H29N9. The van der Waals surface area contributed by atoms with Crippen LogP contribution in [-0.4, -0.2) is 44.5 Å². The molecule has 4 aromatic heterocycles. The van der Waals surface area contributed by atoms with Gasteiger partial charge in [-0.1, -0.05) is 55.5 Å². The molecule has 3 aromatic carbocycles. The molecule has 0 aliphatic rings. The molecule has 9 nitrogen and oxygen atoms in total. The summed E-state index contributed by atoms with van der Waals surface area (Å²) in [5, 5.41) is 14.9. The third kappa shape index (κ3) is 4.55. The molecule has 0 spiro atoms. The Balaban J connectivity index is 1.33. The minimum absolute atomic E-state index is 0.642. The summed E-state index contributed by atoms with van der Waals surface area (Å²) in [6.45, 7) is 6.93. The molecule has 0 aliphatic heterocycles. The molecule has 0 radical (unpaired) electrons. The van der Waals surface area contributed by atoms with E-state index in [0.29, 0.717) is 18.1 Å². The molecule has 4 heterocycles. The van der Waals surface area contributed by atoms with Gasteiger partial charge in [-0.2, -0.15) is 0 Å². The molecule has 7 rings (SSSR count). The maximum absolute atomic E-state index is 5.03. The Hall–Kier alpha value is -5.18. The van der Waals surface area contributed by atoms with Gasteiger partial charge in [0.2, 0.25) is 5.78 Å². The van der Waals surface area contributed by atoms with Crippen molar-refractivity contribution in [1.82, 2.24) is 44.5 Å². The van der Waals surface area contributed by atoms with Crippen molar-refractivity contribution in [3.05, 3.63) is 102 Å². The van der Waals surface area contributed by atoms with Crippen molar-refractivity contribution in [1.29, 1.82) is 0 Å². The number of fused-ring (bicyclic) bond motifs is 2. The number of benzene rings is 3. The molecular weight excluding hydrogens is 510 g/mol. The van der Waals surface area contributed by atoms with E-state index in [9.17, 15) is 0 Å². The summed E-state index contributed by atoms with van der Waals surface area (Å²) in [6, 6.07) is 25.3. The lowest BCUT2D eigenvalue weighted by molar-refractivity contribution is 0.722. The summed E-state index contributed by atoms with van der Waals surface area (Å²) in [4.78, 5) is 14.5. The Bertz CT molecular complexity index is 2000. The average Bonchev–Trinajstić information content (AvgIpc) is 3.73. The Morgan fingerprint density at radius 2 is 1.71 bits per heavy atom. The zero-order valence-corrected chi connectivity index (χ0v) is 23.2. The first kappa shape index (κ1) is 24.8. The van der Waals surface area contributed by atoms with Gasteiger partial charge in [0, 0.05) is 41.7 Å². The molecule has 0 fully saturated rings. The summed E-state index contributed by atoms with van der Waals surface area (Å²) < 4.78 is 4.37. The van der Waals surface area contributed by atoms with Crippen molar-refractivity contribution in [3.63, 3.8) is 0 Å². The van der Waals surface area contributed by atoms with Crippen LogP contribution in [0.4, 0.5) is 0 Å². The maximum atomic E-state index is 5.03. The van der Waals surface area contributed by atoms with E-state index in [0.717, 1.165) is 74.6 Å². The first-order chi connectivity index (χ1) is 20.1. The van der Waals surface area contributed by atoms with Gasteiger partial charge in [-0.05, 0) is 71.7 Å². The summed E-state index contributed by atoms with van der Waals surface area (Å²) in [7, 11) is 0. The van der Waals surface area contributed by atoms with Gasteiger partial charge in [-0.3, -0.25) is 4.40 Å². The lowest BCUT2D eigenvalue weighted by Crippen LogP contribution is -2.06. The highest BCUT2D eigenvalue weighted by Gasteiger charge is 2.16. The van der Waals surface area contributed by atoms with Crippen LogP contribution in [0.25, 0.3) is 50.6 Å². The van der Waals surface area contributed by atoms with E-state index in [2.05, 4.69) is 105 Å². The van der Waals surface area contributed by atoms with E-state index in [1.165, 1.54) is 0 Å². The van der Waals surface area contributed by atoms with Crippen LogP contribution in [0.2, 0.25) is 0 Å². The van der Waals surface area contributed by atoms with E-state index >= 15 is 0 Å². The van der Waals surface area contributed by atoms with Gasteiger partial charge >= 0.3 is 0 Å². The third-order valence-electron chi connectivity index (χ3n) is 7.47. The number of imidazole rings is 2. The van der Waals surface area contributed by atoms with Gasteiger partial charge in [0.25, 0.3) is 0 Å². The Labute approximate surface area is 237 Å².